The van der Waals surface area contributed by atoms with Crippen molar-refractivity contribution in [3.63, 3.8) is 0 Å². The zero-order valence-corrected chi connectivity index (χ0v) is 11.8. The number of piperidine rings is 1. The predicted octanol–water partition coefficient (Wildman–Crippen LogP) is 1.20. The SMILES string of the molecule is Cc1cc(O)ccc1C(=O)NCCOC1CCNCC1. The van der Waals surface area contributed by atoms with Gasteiger partial charge >= 0.3 is 0 Å². The number of hydrogen-bond acceptors (Lipinski definition) is 4. The number of carbonyl (C=O) groups is 1. The lowest BCUT2D eigenvalue weighted by atomic mass is 10.1. The molecule has 0 aliphatic carbocycles. The van der Waals surface area contributed by atoms with E-state index in [1.807, 2.05) is 0 Å². The zero-order chi connectivity index (χ0) is 14.4. The van der Waals surface area contributed by atoms with Crippen molar-refractivity contribution in [3.8, 4) is 5.75 Å². The normalized spacial score (nSPS) is 16.1. The van der Waals surface area contributed by atoms with Crippen molar-refractivity contribution in [3.05, 3.63) is 29.3 Å². The molecule has 0 radical (unpaired) electrons. The van der Waals surface area contributed by atoms with Gasteiger partial charge in [-0.15, -0.1) is 0 Å². The van der Waals surface area contributed by atoms with Crippen LogP contribution in [-0.4, -0.2) is 43.4 Å². The summed E-state index contributed by atoms with van der Waals surface area (Å²) < 4.78 is 5.72. The van der Waals surface area contributed by atoms with E-state index < -0.39 is 0 Å². The number of aromatic hydroxyl groups is 1. The van der Waals surface area contributed by atoms with Crippen molar-refractivity contribution in [2.45, 2.75) is 25.9 Å². The van der Waals surface area contributed by atoms with Crippen molar-refractivity contribution >= 4 is 5.91 Å². The first-order valence-electron chi connectivity index (χ1n) is 7.07. The highest BCUT2D eigenvalue weighted by atomic mass is 16.5. The van der Waals surface area contributed by atoms with Crippen molar-refractivity contribution in [1.82, 2.24) is 10.6 Å². The highest BCUT2D eigenvalue weighted by Crippen LogP contribution is 2.15. The fourth-order valence-electron chi connectivity index (χ4n) is 2.35. The summed E-state index contributed by atoms with van der Waals surface area (Å²) in [5.74, 6) is 0.0460. The average molecular weight is 278 g/mol. The van der Waals surface area contributed by atoms with E-state index in [2.05, 4.69) is 10.6 Å². The third-order valence-corrected chi connectivity index (χ3v) is 3.48. The Kier molecular flexibility index (Phi) is 5.38. The van der Waals surface area contributed by atoms with Crippen LogP contribution in [0.25, 0.3) is 0 Å². The third-order valence-electron chi connectivity index (χ3n) is 3.48. The molecule has 0 spiro atoms. The Morgan fingerprint density at radius 3 is 2.90 bits per heavy atom. The predicted molar refractivity (Wildman–Crippen MR) is 77.0 cm³/mol. The van der Waals surface area contributed by atoms with Gasteiger partial charge < -0.3 is 20.5 Å². The van der Waals surface area contributed by atoms with Gasteiger partial charge in [0.2, 0.25) is 0 Å². The first kappa shape index (κ1) is 14.8. The molecule has 2 rings (SSSR count). The molecule has 5 nitrogen and oxygen atoms in total. The molecule has 0 saturated carbocycles. The lowest BCUT2D eigenvalue weighted by molar-refractivity contribution is 0.0343. The number of hydrogen-bond donors (Lipinski definition) is 3. The van der Waals surface area contributed by atoms with Gasteiger partial charge in [0.05, 0.1) is 12.7 Å². The molecule has 1 fully saturated rings. The third kappa shape index (κ3) is 4.21. The zero-order valence-electron chi connectivity index (χ0n) is 11.8. The lowest BCUT2D eigenvalue weighted by Crippen LogP contribution is -2.34. The molecule has 110 valence electrons. The first-order valence-corrected chi connectivity index (χ1v) is 7.07. The van der Waals surface area contributed by atoms with E-state index in [0.29, 0.717) is 24.8 Å². The molecule has 1 saturated heterocycles. The van der Waals surface area contributed by atoms with Crippen LogP contribution in [0.1, 0.15) is 28.8 Å². The summed E-state index contributed by atoms with van der Waals surface area (Å²) in [6.07, 6.45) is 2.37. The van der Waals surface area contributed by atoms with Gasteiger partial charge in [-0.25, -0.2) is 0 Å². The Bertz CT molecular complexity index is 456. The van der Waals surface area contributed by atoms with Crippen molar-refractivity contribution in [2.24, 2.45) is 0 Å². The fourth-order valence-corrected chi connectivity index (χ4v) is 2.35. The summed E-state index contributed by atoms with van der Waals surface area (Å²) in [6.45, 7) is 4.85. The Balaban J connectivity index is 1.72. The quantitative estimate of drug-likeness (QED) is 0.708. The Hall–Kier alpha value is -1.59. The van der Waals surface area contributed by atoms with Crippen LogP contribution >= 0.6 is 0 Å². The maximum atomic E-state index is 12.0. The van der Waals surface area contributed by atoms with Gasteiger partial charge in [-0.05, 0) is 56.6 Å². The number of nitrogens with one attached hydrogen (secondary N) is 2. The second-order valence-electron chi connectivity index (χ2n) is 5.08. The van der Waals surface area contributed by atoms with E-state index in [9.17, 15) is 9.90 Å². The molecule has 5 heteroatoms. The second-order valence-corrected chi connectivity index (χ2v) is 5.08. The van der Waals surface area contributed by atoms with Gasteiger partial charge in [0, 0.05) is 12.1 Å². The number of carbonyl (C=O) groups excluding carboxylic acids is 1. The molecular formula is C15H22N2O3. The Morgan fingerprint density at radius 1 is 1.45 bits per heavy atom. The van der Waals surface area contributed by atoms with Crippen LogP contribution in [0.4, 0.5) is 0 Å². The Morgan fingerprint density at radius 2 is 2.20 bits per heavy atom. The summed E-state index contributed by atoms with van der Waals surface area (Å²) in [6, 6.07) is 4.74. The van der Waals surface area contributed by atoms with Gasteiger partial charge in [0.1, 0.15) is 5.75 Å². The fraction of sp³-hybridized carbons (Fsp3) is 0.533. The molecule has 1 aliphatic heterocycles. The maximum Gasteiger partial charge on any atom is 0.251 e. The van der Waals surface area contributed by atoms with Crippen LogP contribution in [0.2, 0.25) is 0 Å². The van der Waals surface area contributed by atoms with Crippen molar-refractivity contribution in [2.75, 3.05) is 26.2 Å². The first-order chi connectivity index (χ1) is 9.66. The summed E-state index contributed by atoms with van der Waals surface area (Å²) >= 11 is 0. The lowest BCUT2D eigenvalue weighted by Gasteiger charge is -2.23. The van der Waals surface area contributed by atoms with E-state index in [1.54, 1.807) is 19.1 Å². The number of ether oxygens (including phenoxy) is 1. The molecule has 20 heavy (non-hydrogen) atoms. The number of aryl methyl sites for hydroxylation is 1. The van der Waals surface area contributed by atoms with Gasteiger partial charge in [0.15, 0.2) is 0 Å². The van der Waals surface area contributed by atoms with Crippen LogP contribution < -0.4 is 10.6 Å². The molecule has 1 amide bonds. The number of rotatable bonds is 5. The van der Waals surface area contributed by atoms with Crippen molar-refractivity contribution < 1.29 is 14.6 Å². The van der Waals surface area contributed by atoms with Crippen LogP contribution in [0.5, 0.6) is 5.75 Å². The summed E-state index contributed by atoms with van der Waals surface area (Å²) in [4.78, 5) is 12.0. The number of amides is 1. The number of benzene rings is 1. The largest absolute Gasteiger partial charge is 0.508 e. The maximum absolute atomic E-state index is 12.0. The van der Waals surface area contributed by atoms with Gasteiger partial charge in [0.25, 0.3) is 5.91 Å². The van der Waals surface area contributed by atoms with Crippen LogP contribution in [-0.2, 0) is 4.74 Å². The highest BCUT2D eigenvalue weighted by molar-refractivity contribution is 5.95. The van der Waals surface area contributed by atoms with Crippen LogP contribution in [0.3, 0.4) is 0 Å². The van der Waals surface area contributed by atoms with Gasteiger partial charge in [-0.2, -0.15) is 0 Å². The van der Waals surface area contributed by atoms with E-state index in [4.69, 9.17) is 4.74 Å². The summed E-state index contributed by atoms with van der Waals surface area (Å²) in [7, 11) is 0. The standard InChI is InChI=1S/C15H22N2O3/c1-11-10-12(18)2-3-14(11)15(19)17-8-9-20-13-4-6-16-7-5-13/h2-3,10,13,16,18H,4-9H2,1H3,(H,17,19). The van der Waals surface area contributed by atoms with Gasteiger partial charge in [-0.3, -0.25) is 4.79 Å². The molecule has 1 aromatic rings. The molecule has 0 aromatic heterocycles. The van der Waals surface area contributed by atoms with E-state index in [-0.39, 0.29) is 11.7 Å². The molecular weight excluding hydrogens is 256 g/mol. The monoisotopic (exact) mass is 278 g/mol. The highest BCUT2D eigenvalue weighted by Gasteiger charge is 2.13. The molecule has 0 atom stereocenters. The molecule has 0 unspecified atom stereocenters. The molecule has 1 aromatic carbocycles. The van der Waals surface area contributed by atoms with Crippen LogP contribution in [0, 0.1) is 6.92 Å². The van der Waals surface area contributed by atoms with Gasteiger partial charge in [-0.1, -0.05) is 0 Å². The Labute approximate surface area is 119 Å². The van der Waals surface area contributed by atoms with Crippen LogP contribution in [0.15, 0.2) is 18.2 Å². The molecule has 1 heterocycles. The molecule has 0 bridgehead atoms. The van der Waals surface area contributed by atoms with E-state index in [0.717, 1.165) is 31.5 Å². The minimum absolute atomic E-state index is 0.128. The summed E-state index contributed by atoms with van der Waals surface area (Å²) in [5, 5.41) is 15.4. The number of phenols is 1. The minimum atomic E-state index is -0.128. The van der Waals surface area contributed by atoms with E-state index >= 15 is 0 Å². The number of phenolic OH excluding ortho intramolecular Hbond substituents is 1. The molecule has 1 aliphatic rings. The molecule has 3 N–H and O–H groups in total. The second kappa shape index (κ2) is 7.26. The topological polar surface area (TPSA) is 70.6 Å². The van der Waals surface area contributed by atoms with E-state index in [1.165, 1.54) is 6.07 Å². The average Bonchev–Trinajstić information content (AvgIpc) is 2.44. The smallest absolute Gasteiger partial charge is 0.251 e. The minimum Gasteiger partial charge on any atom is -0.508 e. The summed E-state index contributed by atoms with van der Waals surface area (Å²) in [5.41, 5.74) is 1.35. The van der Waals surface area contributed by atoms with Crippen molar-refractivity contribution in [1.29, 1.82) is 0 Å².